The van der Waals surface area contributed by atoms with E-state index in [4.69, 9.17) is 11.0 Å². The molecule has 0 unspecified atom stereocenters. The van der Waals surface area contributed by atoms with Gasteiger partial charge in [-0.05, 0) is 38.8 Å². The standard InChI is InChI=1S/C10H14N2S/c1-10(2,12)6-5-8-3-4-9(7-11)13-8/h3-4H,5-6,12H2,1-2H3. The molecule has 0 saturated carbocycles. The van der Waals surface area contributed by atoms with Crippen molar-refractivity contribution < 1.29 is 0 Å². The van der Waals surface area contributed by atoms with Crippen LogP contribution in [0.5, 0.6) is 0 Å². The molecule has 1 aromatic heterocycles. The average Bonchev–Trinajstić information content (AvgIpc) is 2.47. The topological polar surface area (TPSA) is 49.8 Å². The van der Waals surface area contributed by atoms with Gasteiger partial charge in [-0.2, -0.15) is 5.26 Å². The van der Waals surface area contributed by atoms with Crippen LogP contribution in [0.4, 0.5) is 0 Å². The van der Waals surface area contributed by atoms with E-state index in [1.54, 1.807) is 11.3 Å². The maximum absolute atomic E-state index is 8.61. The number of hydrogen-bond acceptors (Lipinski definition) is 3. The third kappa shape index (κ3) is 3.58. The first-order valence-corrected chi connectivity index (χ1v) is 5.10. The van der Waals surface area contributed by atoms with Crippen molar-refractivity contribution in [2.45, 2.75) is 32.2 Å². The third-order valence-corrected chi connectivity index (χ3v) is 2.84. The predicted octanol–water partition coefficient (Wildman–Crippen LogP) is 2.29. The molecule has 0 spiro atoms. The van der Waals surface area contributed by atoms with Crippen molar-refractivity contribution in [1.82, 2.24) is 0 Å². The van der Waals surface area contributed by atoms with Crippen molar-refractivity contribution in [1.29, 1.82) is 5.26 Å². The van der Waals surface area contributed by atoms with Gasteiger partial charge in [-0.1, -0.05) is 0 Å². The number of thiophene rings is 1. The van der Waals surface area contributed by atoms with Gasteiger partial charge in [0.2, 0.25) is 0 Å². The van der Waals surface area contributed by atoms with Crippen molar-refractivity contribution in [3.8, 4) is 6.07 Å². The molecule has 1 aromatic rings. The first-order valence-electron chi connectivity index (χ1n) is 4.29. The zero-order valence-electron chi connectivity index (χ0n) is 8.00. The highest BCUT2D eigenvalue weighted by Gasteiger charge is 2.11. The fraction of sp³-hybridized carbons (Fsp3) is 0.500. The lowest BCUT2D eigenvalue weighted by Crippen LogP contribution is -2.32. The van der Waals surface area contributed by atoms with Crippen LogP contribution in [0.2, 0.25) is 0 Å². The molecule has 0 aromatic carbocycles. The summed E-state index contributed by atoms with van der Waals surface area (Å²) in [6.07, 6.45) is 1.92. The summed E-state index contributed by atoms with van der Waals surface area (Å²) in [4.78, 5) is 2.03. The van der Waals surface area contributed by atoms with Crippen LogP contribution in [0, 0.1) is 11.3 Å². The van der Waals surface area contributed by atoms with Gasteiger partial charge in [0.05, 0.1) is 0 Å². The number of hydrogen-bond donors (Lipinski definition) is 1. The van der Waals surface area contributed by atoms with Gasteiger partial charge < -0.3 is 5.73 Å². The van der Waals surface area contributed by atoms with Gasteiger partial charge >= 0.3 is 0 Å². The Labute approximate surface area is 83.0 Å². The summed E-state index contributed by atoms with van der Waals surface area (Å²) in [6.45, 7) is 4.04. The second-order valence-electron chi connectivity index (χ2n) is 3.87. The minimum atomic E-state index is -0.114. The van der Waals surface area contributed by atoms with Crippen molar-refractivity contribution >= 4 is 11.3 Å². The van der Waals surface area contributed by atoms with Gasteiger partial charge in [-0.15, -0.1) is 11.3 Å². The number of nitrogens with two attached hydrogens (primary N) is 1. The smallest absolute Gasteiger partial charge is 0.110 e. The fourth-order valence-electron chi connectivity index (χ4n) is 1.02. The Hall–Kier alpha value is -0.850. The van der Waals surface area contributed by atoms with Crippen LogP contribution in [-0.4, -0.2) is 5.54 Å². The summed E-state index contributed by atoms with van der Waals surface area (Å²) in [5, 5.41) is 8.61. The molecule has 0 bridgehead atoms. The second kappa shape index (κ2) is 3.91. The zero-order valence-corrected chi connectivity index (χ0v) is 8.82. The molecular formula is C10H14N2S. The predicted molar refractivity (Wildman–Crippen MR) is 55.6 cm³/mol. The average molecular weight is 194 g/mol. The Kier molecular flexibility index (Phi) is 3.07. The molecule has 0 aliphatic heterocycles. The SMILES string of the molecule is CC(C)(N)CCc1ccc(C#N)s1. The zero-order chi connectivity index (χ0) is 9.90. The monoisotopic (exact) mass is 194 g/mol. The molecule has 3 heteroatoms. The number of nitrogens with zero attached hydrogens (tertiary/aromatic N) is 1. The molecule has 70 valence electrons. The molecule has 0 atom stereocenters. The van der Waals surface area contributed by atoms with Crippen LogP contribution in [0.1, 0.15) is 30.0 Å². The fourth-order valence-corrected chi connectivity index (χ4v) is 1.82. The van der Waals surface area contributed by atoms with Crippen LogP contribution in [-0.2, 0) is 6.42 Å². The summed E-state index contributed by atoms with van der Waals surface area (Å²) in [6, 6.07) is 6.01. The van der Waals surface area contributed by atoms with Crippen molar-refractivity contribution in [3.05, 3.63) is 21.9 Å². The Morgan fingerprint density at radius 2 is 2.23 bits per heavy atom. The van der Waals surface area contributed by atoms with E-state index in [0.717, 1.165) is 17.7 Å². The first-order chi connectivity index (χ1) is 6.01. The van der Waals surface area contributed by atoms with Gasteiger partial charge in [0.15, 0.2) is 0 Å². The highest BCUT2D eigenvalue weighted by molar-refractivity contribution is 7.12. The highest BCUT2D eigenvalue weighted by Crippen LogP contribution is 2.19. The Morgan fingerprint density at radius 3 is 2.69 bits per heavy atom. The normalized spacial score (nSPS) is 11.2. The maximum Gasteiger partial charge on any atom is 0.110 e. The van der Waals surface area contributed by atoms with Gasteiger partial charge in [-0.25, -0.2) is 0 Å². The van der Waals surface area contributed by atoms with E-state index in [1.165, 1.54) is 4.88 Å². The minimum absolute atomic E-state index is 0.114. The quantitative estimate of drug-likeness (QED) is 0.802. The molecule has 0 fully saturated rings. The van der Waals surface area contributed by atoms with Gasteiger partial charge in [0.25, 0.3) is 0 Å². The van der Waals surface area contributed by atoms with Crippen LogP contribution < -0.4 is 5.73 Å². The van der Waals surface area contributed by atoms with Crippen molar-refractivity contribution in [2.24, 2.45) is 5.73 Å². The Balaban J connectivity index is 2.52. The number of aryl methyl sites for hydroxylation is 1. The summed E-state index contributed by atoms with van der Waals surface area (Å²) in [5.41, 5.74) is 5.75. The Morgan fingerprint density at radius 1 is 1.54 bits per heavy atom. The lowest BCUT2D eigenvalue weighted by atomic mass is 10.00. The molecule has 2 nitrogen and oxygen atoms in total. The molecule has 13 heavy (non-hydrogen) atoms. The van der Waals surface area contributed by atoms with Crippen molar-refractivity contribution in [2.75, 3.05) is 0 Å². The van der Waals surface area contributed by atoms with Crippen LogP contribution in [0.25, 0.3) is 0 Å². The lowest BCUT2D eigenvalue weighted by molar-refractivity contribution is 0.478. The lowest BCUT2D eigenvalue weighted by Gasteiger charge is -2.17. The third-order valence-electron chi connectivity index (χ3n) is 1.79. The van der Waals surface area contributed by atoms with E-state index in [-0.39, 0.29) is 5.54 Å². The van der Waals surface area contributed by atoms with E-state index in [1.807, 2.05) is 26.0 Å². The van der Waals surface area contributed by atoms with E-state index in [9.17, 15) is 0 Å². The summed E-state index contributed by atoms with van der Waals surface area (Å²) < 4.78 is 0. The highest BCUT2D eigenvalue weighted by atomic mass is 32.1. The summed E-state index contributed by atoms with van der Waals surface area (Å²) >= 11 is 1.56. The summed E-state index contributed by atoms with van der Waals surface area (Å²) in [5.74, 6) is 0. The first kappa shape index (κ1) is 10.2. The molecule has 1 heterocycles. The number of nitriles is 1. The summed E-state index contributed by atoms with van der Waals surface area (Å²) in [7, 11) is 0. The van der Waals surface area contributed by atoms with Crippen LogP contribution >= 0.6 is 11.3 Å². The molecular weight excluding hydrogens is 180 g/mol. The van der Waals surface area contributed by atoms with E-state index in [2.05, 4.69) is 6.07 Å². The Bertz CT molecular complexity index is 314. The molecule has 0 aliphatic rings. The largest absolute Gasteiger partial charge is 0.326 e. The number of rotatable bonds is 3. The van der Waals surface area contributed by atoms with E-state index < -0.39 is 0 Å². The van der Waals surface area contributed by atoms with Crippen LogP contribution in [0.3, 0.4) is 0 Å². The van der Waals surface area contributed by atoms with Crippen LogP contribution in [0.15, 0.2) is 12.1 Å². The maximum atomic E-state index is 8.61. The molecule has 0 saturated heterocycles. The van der Waals surface area contributed by atoms with Gasteiger partial charge in [-0.3, -0.25) is 0 Å². The molecule has 0 amide bonds. The van der Waals surface area contributed by atoms with Gasteiger partial charge in [0.1, 0.15) is 10.9 Å². The minimum Gasteiger partial charge on any atom is -0.326 e. The second-order valence-corrected chi connectivity index (χ2v) is 5.03. The molecule has 0 aliphatic carbocycles. The van der Waals surface area contributed by atoms with E-state index >= 15 is 0 Å². The molecule has 2 N–H and O–H groups in total. The molecule has 1 rings (SSSR count). The van der Waals surface area contributed by atoms with E-state index in [0.29, 0.717) is 0 Å². The van der Waals surface area contributed by atoms with Crippen molar-refractivity contribution in [3.63, 3.8) is 0 Å². The molecule has 0 radical (unpaired) electrons. The van der Waals surface area contributed by atoms with Gasteiger partial charge in [0, 0.05) is 10.4 Å².